The smallest absolute Gasteiger partial charge is 0.268 e. The predicted octanol–water partition coefficient (Wildman–Crippen LogP) is 3.90. The number of nitrogens with one attached hydrogen (secondary N) is 1. The number of thioether (sulfide) groups is 1. The molecule has 2 amide bonds. The van der Waals surface area contributed by atoms with Crippen molar-refractivity contribution in [1.82, 2.24) is 40.5 Å². The van der Waals surface area contributed by atoms with Crippen molar-refractivity contribution in [2.24, 2.45) is 0 Å². The molecule has 1 fully saturated rings. The van der Waals surface area contributed by atoms with Gasteiger partial charge in [0.1, 0.15) is 5.52 Å². The van der Waals surface area contributed by atoms with Gasteiger partial charge in [0.15, 0.2) is 5.82 Å². The van der Waals surface area contributed by atoms with Gasteiger partial charge in [-0.15, -0.1) is 10.2 Å². The molecule has 1 aliphatic rings. The zero-order chi connectivity index (χ0) is 24.7. The van der Waals surface area contributed by atoms with E-state index >= 15 is 0 Å². The van der Waals surface area contributed by atoms with Gasteiger partial charge in [-0.3, -0.25) is 14.5 Å². The van der Waals surface area contributed by atoms with Gasteiger partial charge in [0.2, 0.25) is 0 Å². The van der Waals surface area contributed by atoms with Gasteiger partial charge in [0, 0.05) is 5.02 Å². The summed E-state index contributed by atoms with van der Waals surface area (Å²) >= 11 is 6.52. The number of hydrogen-bond acceptors (Lipinski definition) is 8. The van der Waals surface area contributed by atoms with Crippen molar-refractivity contribution in [2.75, 3.05) is 0 Å². The molecule has 5 rings (SSSR count). The Bertz CT molecular complexity index is 1490. The molecule has 0 bridgehead atoms. The number of alkyl halides is 3. The van der Waals surface area contributed by atoms with Gasteiger partial charge in [-0.2, -0.15) is 13.2 Å². The van der Waals surface area contributed by atoms with Crippen LogP contribution in [0.15, 0.2) is 41.3 Å². The minimum atomic E-state index is -4.57. The fourth-order valence-electron chi connectivity index (χ4n) is 3.49. The highest BCUT2D eigenvalue weighted by Crippen LogP contribution is 2.35. The van der Waals surface area contributed by atoms with E-state index in [1.807, 2.05) is 0 Å². The molecule has 10 nitrogen and oxygen atoms in total. The Morgan fingerprint density at radius 3 is 2.66 bits per heavy atom. The van der Waals surface area contributed by atoms with Crippen LogP contribution in [0.4, 0.5) is 18.0 Å². The number of amides is 2. The Morgan fingerprint density at radius 1 is 1.09 bits per heavy atom. The van der Waals surface area contributed by atoms with E-state index in [1.54, 1.807) is 18.2 Å². The van der Waals surface area contributed by atoms with Gasteiger partial charge in [0.05, 0.1) is 29.1 Å². The maximum Gasteiger partial charge on any atom is 0.416 e. The number of H-pyrrole nitrogens is 1. The molecule has 35 heavy (non-hydrogen) atoms. The molecule has 0 atom stereocenters. The first-order valence-electron chi connectivity index (χ1n) is 9.86. The van der Waals surface area contributed by atoms with Crippen molar-refractivity contribution in [3.8, 4) is 0 Å². The summed E-state index contributed by atoms with van der Waals surface area (Å²) in [5, 5.41) is 20.5. The highest BCUT2D eigenvalue weighted by molar-refractivity contribution is 8.18. The zero-order valence-electron chi connectivity index (χ0n) is 17.3. The number of benzene rings is 2. The summed E-state index contributed by atoms with van der Waals surface area (Å²) in [4.78, 5) is 26.1. The zero-order valence-corrected chi connectivity index (χ0v) is 18.9. The third kappa shape index (κ3) is 4.61. The predicted molar refractivity (Wildman–Crippen MR) is 119 cm³/mol. The Balaban J connectivity index is 1.40. The fourth-order valence-corrected chi connectivity index (χ4v) is 4.50. The molecule has 1 N–H and O–H groups in total. The van der Waals surface area contributed by atoms with Crippen LogP contribution in [0.3, 0.4) is 0 Å². The van der Waals surface area contributed by atoms with Crippen molar-refractivity contribution >= 4 is 51.6 Å². The van der Waals surface area contributed by atoms with Crippen LogP contribution in [0, 0.1) is 0 Å². The van der Waals surface area contributed by atoms with E-state index in [4.69, 9.17) is 11.6 Å². The number of carbonyl (C=O) groups excluding carboxylic acids is 2. The van der Waals surface area contributed by atoms with Crippen molar-refractivity contribution in [3.05, 3.63) is 68.8 Å². The lowest BCUT2D eigenvalue weighted by molar-refractivity contribution is -0.138. The number of tetrazole rings is 1. The van der Waals surface area contributed by atoms with Crippen LogP contribution in [0.5, 0.6) is 0 Å². The summed E-state index contributed by atoms with van der Waals surface area (Å²) in [7, 11) is 0. The third-order valence-corrected chi connectivity index (χ3v) is 6.25. The quantitative estimate of drug-likeness (QED) is 0.393. The lowest BCUT2D eigenvalue weighted by Crippen LogP contribution is -2.28. The van der Waals surface area contributed by atoms with Crippen molar-refractivity contribution in [3.63, 3.8) is 0 Å². The first-order valence-corrected chi connectivity index (χ1v) is 11.1. The molecule has 1 aliphatic heterocycles. The second kappa shape index (κ2) is 8.78. The SMILES string of the molecule is O=C1S/C(=C\c2ccc3c(c2)nnn3Cc2ccc(Cl)cc2C(F)(F)F)C(=O)N1Cc1nnn[nH]1. The van der Waals surface area contributed by atoms with Crippen LogP contribution in [0.25, 0.3) is 17.1 Å². The van der Waals surface area contributed by atoms with E-state index in [9.17, 15) is 22.8 Å². The Kier molecular flexibility index (Phi) is 5.76. The van der Waals surface area contributed by atoms with E-state index < -0.39 is 22.9 Å². The summed E-state index contributed by atoms with van der Waals surface area (Å²) in [6.07, 6.45) is -3.04. The Hall–Kier alpha value is -3.78. The molecule has 0 aliphatic carbocycles. The highest BCUT2D eigenvalue weighted by Gasteiger charge is 2.36. The maximum atomic E-state index is 13.4. The Labute approximate surface area is 203 Å². The van der Waals surface area contributed by atoms with Crippen molar-refractivity contribution in [2.45, 2.75) is 19.3 Å². The molecule has 2 aromatic heterocycles. The summed E-state index contributed by atoms with van der Waals surface area (Å²) in [6.45, 7) is -0.260. The van der Waals surface area contributed by atoms with Gasteiger partial charge >= 0.3 is 6.18 Å². The van der Waals surface area contributed by atoms with Gasteiger partial charge in [-0.25, -0.2) is 9.78 Å². The lowest BCUT2D eigenvalue weighted by Gasteiger charge is -2.13. The number of aromatic amines is 1. The molecule has 0 radical (unpaired) electrons. The van der Waals surface area contributed by atoms with Crippen LogP contribution in [0.1, 0.15) is 22.5 Å². The van der Waals surface area contributed by atoms with Crippen LogP contribution in [0.2, 0.25) is 5.02 Å². The normalized spacial score (nSPS) is 15.7. The molecule has 15 heteroatoms. The summed E-state index contributed by atoms with van der Waals surface area (Å²) in [6, 6.07) is 8.48. The largest absolute Gasteiger partial charge is 0.416 e. The number of imide groups is 1. The first kappa shape index (κ1) is 23.0. The van der Waals surface area contributed by atoms with E-state index in [-0.39, 0.29) is 34.4 Å². The van der Waals surface area contributed by atoms with E-state index in [1.165, 1.54) is 22.9 Å². The van der Waals surface area contributed by atoms with Gasteiger partial charge in [-0.1, -0.05) is 28.9 Å². The molecule has 3 heterocycles. The maximum absolute atomic E-state index is 13.4. The number of rotatable bonds is 5. The minimum Gasteiger partial charge on any atom is -0.268 e. The molecule has 178 valence electrons. The molecule has 4 aromatic rings. The summed E-state index contributed by atoms with van der Waals surface area (Å²) in [5.41, 5.74) is 0.624. The number of aromatic nitrogens is 7. The summed E-state index contributed by atoms with van der Waals surface area (Å²) in [5.74, 6) is -0.233. The topological polar surface area (TPSA) is 123 Å². The van der Waals surface area contributed by atoms with Gasteiger partial charge in [0.25, 0.3) is 11.1 Å². The number of fused-ring (bicyclic) bond motifs is 1. The third-order valence-electron chi connectivity index (χ3n) is 5.10. The molecule has 0 saturated carbocycles. The van der Waals surface area contributed by atoms with Gasteiger partial charge < -0.3 is 0 Å². The molecular formula is C20H12ClF3N8O2S. The van der Waals surface area contributed by atoms with Crippen molar-refractivity contribution in [1.29, 1.82) is 0 Å². The lowest BCUT2D eigenvalue weighted by atomic mass is 10.1. The number of halogens is 4. The van der Waals surface area contributed by atoms with Crippen LogP contribution in [-0.2, 0) is 24.1 Å². The second-order valence-electron chi connectivity index (χ2n) is 7.41. The number of hydrogen-bond donors (Lipinski definition) is 1. The monoisotopic (exact) mass is 520 g/mol. The molecule has 1 saturated heterocycles. The molecular weight excluding hydrogens is 509 g/mol. The first-order chi connectivity index (χ1) is 16.7. The second-order valence-corrected chi connectivity index (χ2v) is 8.84. The van der Waals surface area contributed by atoms with Crippen LogP contribution < -0.4 is 0 Å². The minimum absolute atomic E-state index is 0.00610. The Morgan fingerprint density at radius 2 is 1.91 bits per heavy atom. The highest BCUT2D eigenvalue weighted by atomic mass is 35.5. The van der Waals surface area contributed by atoms with E-state index in [2.05, 4.69) is 30.9 Å². The van der Waals surface area contributed by atoms with Gasteiger partial charge in [-0.05, 0) is 63.7 Å². The molecule has 0 spiro atoms. The average Bonchev–Trinajstić information content (AvgIpc) is 3.52. The summed E-state index contributed by atoms with van der Waals surface area (Å²) < 4.78 is 41.6. The number of carbonyl (C=O) groups is 2. The average molecular weight is 521 g/mol. The van der Waals surface area contributed by atoms with E-state index in [0.717, 1.165) is 22.7 Å². The van der Waals surface area contributed by atoms with Crippen molar-refractivity contribution < 1.29 is 22.8 Å². The van der Waals surface area contributed by atoms with E-state index in [0.29, 0.717) is 16.6 Å². The fraction of sp³-hybridized carbons (Fsp3) is 0.150. The number of nitrogens with zero attached hydrogens (tertiary/aromatic N) is 7. The molecule has 0 unspecified atom stereocenters. The van der Waals surface area contributed by atoms with Crippen LogP contribution in [-0.4, -0.2) is 51.7 Å². The van der Waals surface area contributed by atoms with Crippen LogP contribution >= 0.6 is 23.4 Å². The standard InChI is InChI=1S/C20H12ClF3N8O2S/c21-12-3-2-11(13(7-12)20(22,23)24)8-32-15-4-1-10(5-14(15)25-30-32)6-16-18(33)31(19(34)35-16)9-17-26-28-29-27-17/h1-7H,8-9H2,(H,26,27,28,29)/b16-6-. The molecule has 2 aromatic carbocycles.